The van der Waals surface area contributed by atoms with Crippen molar-refractivity contribution >= 4 is 54.8 Å². The van der Waals surface area contributed by atoms with Gasteiger partial charge in [0.2, 0.25) is 15.9 Å². The maximum absolute atomic E-state index is 13.0. The minimum atomic E-state index is -3.68. The Bertz CT molecular complexity index is 1480. The smallest absolute Gasteiger partial charge is 0.243 e. The zero-order chi connectivity index (χ0) is 24.6. The maximum Gasteiger partial charge on any atom is 0.243 e. The quantitative estimate of drug-likeness (QED) is 0.348. The van der Waals surface area contributed by atoms with E-state index in [2.05, 4.69) is 24.4 Å². The maximum atomic E-state index is 13.0. The molecule has 1 amide bonds. The largest absolute Gasteiger partial charge is 0.326 e. The van der Waals surface area contributed by atoms with Gasteiger partial charge in [-0.1, -0.05) is 17.7 Å². The summed E-state index contributed by atoms with van der Waals surface area (Å²) in [6, 6.07) is 19.9. The van der Waals surface area contributed by atoms with Crippen LogP contribution in [0, 0.1) is 12.8 Å². The van der Waals surface area contributed by atoms with E-state index in [1.807, 2.05) is 30.3 Å². The Hall–Kier alpha value is -2.78. The van der Waals surface area contributed by atoms with E-state index >= 15 is 0 Å². The number of aromatic nitrogens is 1. The number of carbonyl (C=O) groups excluding carboxylic acids is 1. The van der Waals surface area contributed by atoms with Crippen LogP contribution in [-0.2, 0) is 14.8 Å². The zero-order valence-corrected chi connectivity index (χ0v) is 21.5. The first kappa shape index (κ1) is 23.9. The Morgan fingerprint density at radius 2 is 1.83 bits per heavy atom. The van der Waals surface area contributed by atoms with Crippen molar-refractivity contribution in [1.82, 2.24) is 9.29 Å². The summed E-state index contributed by atoms with van der Waals surface area (Å²) in [5, 5.41) is 4.35. The first-order valence-corrected chi connectivity index (χ1v) is 14.0. The third-order valence-electron chi connectivity index (χ3n) is 6.15. The van der Waals surface area contributed by atoms with Gasteiger partial charge < -0.3 is 5.32 Å². The van der Waals surface area contributed by atoms with Gasteiger partial charge in [-0.25, -0.2) is 13.4 Å². The second-order valence-electron chi connectivity index (χ2n) is 8.71. The van der Waals surface area contributed by atoms with Gasteiger partial charge >= 0.3 is 0 Å². The van der Waals surface area contributed by atoms with Crippen molar-refractivity contribution < 1.29 is 13.2 Å². The zero-order valence-electron chi connectivity index (χ0n) is 19.1. The summed E-state index contributed by atoms with van der Waals surface area (Å²) in [7, 11) is -3.68. The molecule has 1 fully saturated rings. The van der Waals surface area contributed by atoms with Crippen LogP contribution in [0.2, 0.25) is 5.02 Å². The normalized spacial score (nSPS) is 16.9. The SMILES string of the molecule is Cc1ccc2nc(-c3ccc(NC(=O)C4CCCN(S(=O)(=O)c5ccc(Cl)cc5)C4)cc3)sc2c1. The molecule has 6 nitrogen and oxygen atoms in total. The summed E-state index contributed by atoms with van der Waals surface area (Å²) in [5.41, 5.74) is 3.84. The van der Waals surface area contributed by atoms with E-state index in [9.17, 15) is 13.2 Å². The second kappa shape index (κ2) is 9.70. The van der Waals surface area contributed by atoms with Crippen LogP contribution in [0.3, 0.4) is 0 Å². The second-order valence-corrected chi connectivity index (χ2v) is 12.1. The van der Waals surface area contributed by atoms with Gasteiger partial charge in [-0.15, -0.1) is 11.3 Å². The fraction of sp³-hybridized carbons (Fsp3) is 0.231. The van der Waals surface area contributed by atoms with Crippen LogP contribution >= 0.6 is 22.9 Å². The number of piperidine rings is 1. The Morgan fingerprint density at radius 1 is 1.09 bits per heavy atom. The van der Waals surface area contributed by atoms with Gasteiger partial charge in [0, 0.05) is 29.4 Å². The molecule has 1 atom stereocenters. The molecule has 0 bridgehead atoms. The lowest BCUT2D eigenvalue weighted by Crippen LogP contribution is -2.43. The molecule has 4 aromatic rings. The summed E-state index contributed by atoms with van der Waals surface area (Å²) >= 11 is 7.53. The molecular weight excluding hydrogens is 502 g/mol. The summed E-state index contributed by atoms with van der Waals surface area (Å²) in [6.07, 6.45) is 1.27. The number of hydrogen-bond acceptors (Lipinski definition) is 5. The van der Waals surface area contributed by atoms with E-state index in [0.29, 0.717) is 30.1 Å². The molecule has 35 heavy (non-hydrogen) atoms. The highest BCUT2D eigenvalue weighted by Gasteiger charge is 2.33. The monoisotopic (exact) mass is 525 g/mol. The number of fused-ring (bicyclic) bond motifs is 1. The van der Waals surface area contributed by atoms with Gasteiger partial charge in [-0.3, -0.25) is 4.79 Å². The van der Waals surface area contributed by atoms with Crippen LogP contribution in [0.5, 0.6) is 0 Å². The van der Waals surface area contributed by atoms with Crippen LogP contribution in [-0.4, -0.2) is 36.7 Å². The fourth-order valence-electron chi connectivity index (χ4n) is 4.23. The lowest BCUT2D eigenvalue weighted by Gasteiger charge is -2.31. The standard InChI is InChI=1S/C26H24ClN3O3S2/c1-17-4-13-23-24(15-17)34-26(29-23)18-5-9-21(10-6-18)28-25(31)19-3-2-14-30(16-19)35(32,33)22-11-7-20(27)8-12-22/h4-13,15,19H,2-3,14,16H2,1H3,(H,28,31). The third-order valence-corrected chi connectivity index (χ3v) is 9.35. The molecule has 180 valence electrons. The van der Waals surface area contributed by atoms with E-state index < -0.39 is 15.9 Å². The molecule has 1 aliphatic heterocycles. The highest BCUT2D eigenvalue weighted by atomic mass is 35.5. The van der Waals surface area contributed by atoms with Gasteiger partial charge in [0.25, 0.3) is 0 Å². The molecule has 5 rings (SSSR count). The van der Waals surface area contributed by atoms with E-state index in [-0.39, 0.29) is 17.3 Å². The molecule has 0 saturated carbocycles. The molecule has 1 saturated heterocycles. The van der Waals surface area contributed by atoms with E-state index in [0.717, 1.165) is 20.8 Å². The summed E-state index contributed by atoms with van der Waals surface area (Å²) in [5.74, 6) is -0.595. The molecule has 0 radical (unpaired) electrons. The van der Waals surface area contributed by atoms with Crippen LogP contribution in [0.1, 0.15) is 18.4 Å². The summed E-state index contributed by atoms with van der Waals surface area (Å²) in [4.78, 5) is 17.9. The number of benzene rings is 3. The number of rotatable bonds is 5. The predicted octanol–water partition coefficient (Wildman–Crippen LogP) is 5.96. The lowest BCUT2D eigenvalue weighted by molar-refractivity contribution is -0.120. The topological polar surface area (TPSA) is 79.4 Å². The number of carbonyl (C=O) groups is 1. The number of amides is 1. The molecule has 2 heterocycles. The van der Waals surface area contributed by atoms with Crippen molar-refractivity contribution in [3.05, 3.63) is 77.3 Å². The molecular formula is C26H24ClN3O3S2. The number of thiazole rings is 1. The van der Waals surface area contributed by atoms with Crippen LogP contribution in [0.15, 0.2) is 71.6 Å². The Labute approximate surface area is 213 Å². The molecule has 9 heteroatoms. The molecule has 1 N–H and O–H groups in total. The first-order valence-electron chi connectivity index (χ1n) is 11.3. The molecule has 0 aliphatic carbocycles. The number of hydrogen-bond donors (Lipinski definition) is 1. The van der Waals surface area contributed by atoms with Crippen molar-refractivity contribution in [2.24, 2.45) is 5.92 Å². The molecule has 1 unspecified atom stereocenters. The minimum absolute atomic E-state index is 0.153. The van der Waals surface area contributed by atoms with Gasteiger partial charge in [0.1, 0.15) is 5.01 Å². The number of nitrogens with zero attached hydrogens (tertiary/aromatic N) is 2. The molecule has 1 aliphatic rings. The van der Waals surface area contributed by atoms with E-state index in [1.165, 1.54) is 22.0 Å². The van der Waals surface area contributed by atoms with Crippen LogP contribution in [0.4, 0.5) is 5.69 Å². The number of nitrogens with one attached hydrogen (secondary N) is 1. The average molecular weight is 526 g/mol. The van der Waals surface area contributed by atoms with Crippen molar-refractivity contribution in [3.8, 4) is 10.6 Å². The lowest BCUT2D eigenvalue weighted by atomic mass is 9.98. The predicted molar refractivity (Wildman–Crippen MR) is 141 cm³/mol. The Kier molecular flexibility index (Phi) is 6.63. The minimum Gasteiger partial charge on any atom is -0.326 e. The van der Waals surface area contributed by atoms with Crippen LogP contribution < -0.4 is 5.32 Å². The third kappa shape index (κ3) is 5.11. The number of halogens is 1. The van der Waals surface area contributed by atoms with Crippen LogP contribution in [0.25, 0.3) is 20.8 Å². The van der Waals surface area contributed by atoms with Gasteiger partial charge in [-0.2, -0.15) is 4.31 Å². The molecule has 3 aromatic carbocycles. The average Bonchev–Trinajstić information content (AvgIpc) is 3.28. The van der Waals surface area contributed by atoms with Crippen molar-refractivity contribution in [2.45, 2.75) is 24.7 Å². The first-order chi connectivity index (χ1) is 16.8. The highest BCUT2D eigenvalue weighted by Crippen LogP contribution is 2.32. The van der Waals surface area contributed by atoms with Gasteiger partial charge in [0.15, 0.2) is 0 Å². The van der Waals surface area contributed by atoms with Crippen molar-refractivity contribution in [3.63, 3.8) is 0 Å². The van der Waals surface area contributed by atoms with Gasteiger partial charge in [-0.05, 0) is 86.0 Å². The molecule has 1 aromatic heterocycles. The number of anilines is 1. The number of sulfonamides is 1. The fourth-order valence-corrected chi connectivity index (χ4v) is 6.95. The van der Waals surface area contributed by atoms with E-state index in [1.54, 1.807) is 23.5 Å². The Morgan fingerprint density at radius 3 is 2.57 bits per heavy atom. The number of aryl methyl sites for hydroxylation is 1. The van der Waals surface area contributed by atoms with Crippen molar-refractivity contribution in [1.29, 1.82) is 0 Å². The van der Waals surface area contributed by atoms with Gasteiger partial charge in [0.05, 0.1) is 21.0 Å². The summed E-state index contributed by atoms with van der Waals surface area (Å²) in [6.45, 7) is 2.61. The molecule has 0 spiro atoms. The highest BCUT2D eigenvalue weighted by molar-refractivity contribution is 7.89. The summed E-state index contributed by atoms with van der Waals surface area (Å²) < 4.78 is 28.6. The van der Waals surface area contributed by atoms with E-state index in [4.69, 9.17) is 16.6 Å². The van der Waals surface area contributed by atoms with Crippen molar-refractivity contribution in [2.75, 3.05) is 18.4 Å². The Balaban J connectivity index is 1.26.